The van der Waals surface area contributed by atoms with Crippen molar-refractivity contribution in [1.82, 2.24) is 4.98 Å². The molecule has 1 N–H and O–H groups in total. The van der Waals surface area contributed by atoms with E-state index in [1.54, 1.807) is 6.92 Å². The van der Waals surface area contributed by atoms with Crippen LogP contribution in [0.25, 0.3) is 0 Å². The summed E-state index contributed by atoms with van der Waals surface area (Å²) in [7, 11) is 0. The number of hydrogen-bond acceptors (Lipinski definition) is 5. The number of nitrogens with one attached hydrogen (secondary N) is 1. The van der Waals surface area contributed by atoms with Crippen LogP contribution in [0.5, 0.6) is 0 Å². The highest BCUT2D eigenvalue weighted by atomic mass is 35.5. The van der Waals surface area contributed by atoms with Gasteiger partial charge in [0.05, 0.1) is 12.3 Å². The third kappa shape index (κ3) is 4.40. The Morgan fingerprint density at radius 3 is 2.84 bits per heavy atom. The van der Waals surface area contributed by atoms with E-state index in [1.165, 1.54) is 6.07 Å². The van der Waals surface area contributed by atoms with Gasteiger partial charge in [-0.2, -0.15) is 18.3 Å². The fourth-order valence-corrected chi connectivity index (χ4v) is 1.16. The zero-order chi connectivity index (χ0) is 14.5. The van der Waals surface area contributed by atoms with Crippen LogP contribution >= 0.6 is 11.6 Å². The number of carbonyl (C=O) groups excluding carboxylic acids is 1. The molecule has 0 unspecified atom stereocenters. The first-order valence-electron chi connectivity index (χ1n) is 5.04. The highest BCUT2D eigenvalue weighted by Crippen LogP contribution is 2.32. The van der Waals surface area contributed by atoms with Crippen molar-refractivity contribution in [3.63, 3.8) is 0 Å². The number of esters is 1. The van der Waals surface area contributed by atoms with Gasteiger partial charge in [0.1, 0.15) is 0 Å². The predicted molar refractivity (Wildman–Crippen MR) is 62.8 cm³/mol. The van der Waals surface area contributed by atoms with Gasteiger partial charge < -0.3 is 4.74 Å². The molecule has 0 aliphatic carbocycles. The quantitative estimate of drug-likeness (QED) is 0.527. The van der Waals surface area contributed by atoms with Gasteiger partial charge in [-0.25, -0.2) is 9.78 Å². The zero-order valence-corrected chi connectivity index (χ0v) is 10.4. The van der Waals surface area contributed by atoms with Gasteiger partial charge in [0.15, 0.2) is 5.69 Å². The molecule has 1 rings (SSSR count). The Morgan fingerprint density at radius 2 is 2.26 bits per heavy atom. The summed E-state index contributed by atoms with van der Waals surface area (Å²) < 4.78 is 42.2. The van der Waals surface area contributed by atoms with E-state index >= 15 is 0 Å². The summed E-state index contributed by atoms with van der Waals surface area (Å²) in [6.07, 6.45) is -3.65. The van der Waals surface area contributed by atoms with Crippen molar-refractivity contribution in [2.75, 3.05) is 12.0 Å². The Kier molecular flexibility index (Phi) is 5.11. The number of halogens is 4. The van der Waals surface area contributed by atoms with Crippen LogP contribution in [-0.4, -0.2) is 22.7 Å². The maximum atomic E-state index is 12.6. The number of ether oxygens (including phenoxy) is 1. The number of aromatic nitrogens is 1. The lowest BCUT2D eigenvalue weighted by Gasteiger charge is -2.10. The number of hydrazone groups is 1. The van der Waals surface area contributed by atoms with Crippen LogP contribution in [0, 0.1) is 0 Å². The van der Waals surface area contributed by atoms with Gasteiger partial charge in [-0.3, -0.25) is 5.43 Å². The molecule has 19 heavy (non-hydrogen) atoms. The number of carbonyl (C=O) groups is 1. The second kappa shape index (κ2) is 6.37. The fraction of sp³-hybridized carbons (Fsp3) is 0.300. The van der Waals surface area contributed by atoms with Crippen molar-refractivity contribution in [2.45, 2.75) is 13.1 Å². The largest absolute Gasteiger partial charge is 0.461 e. The van der Waals surface area contributed by atoms with Gasteiger partial charge in [0.25, 0.3) is 0 Å². The van der Waals surface area contributed by atoms with Crippen LogP contribution in [0.2, 0.25) is 0 Å². The molecule has 1 aromatic rings. The molecule has 0 saturated heterocycles. The molecule has 0 spiro atoms. The Labute approximate surface area is 111 Å². The lowest BCUT2D eigenvalue weighted by molar-refractivity contribution is -0.140. The van der Waals surface area contributed by atoms with E-state index in [-0.39, 0.29) is 6.61 Å². The molecule has 1 aromatic heterocycles. The van der Waals surface area contributed by atoms with Crippen molar-refractivity contribution in [3.05, 3.63) is 24.0 Å². The van der Waals surface area contributed by atoms with Crippen molar-refractivity contribution in [1.29, 1.82) is 0 Å². The van der Waals surface area contributed by atoms with E-state index in [0.717, 1.165) is 12.3 Å². The second-order valence-electron chi connectivity index (χ2n) is 3.13. The molecule has 104 valence electrons. The third-order valence-corrected chi connectivity index (χ3v) is 2.03. The van der Waals surface area contributed by atoms with Crippen molar-refractivity contribution in [2.24, 2.45) is 5.10 Å². The van der Waals surface area contributed by atoms with Gasteiger partial charge >= 0.3 is 12.1 Å². The van der Waals surface area contributed by atoms with Crippen molar-refractivity contribution < 1.29 is 22.7 Å². The smallest absolute Gasteiger partial charge is 0.435 e. The molecule has 0 saturated carbocycles. The Bertz CT molecular complexity index is 491. The molecular formula is C10H9ClF3N3O2. The molecule has 0 atom stereocenters. The number of alkyl halides is 3. The number of rotatable bonds is 4. The molecule has 0 radical (unpaired) electrons. The molecule has 0 fully saturated rings. The molecule has 0 amide bonds. The summed E-state index contributed by atoms with van der Waals surface area (Å²) in [5, 5.41) is 2.69. The first kappa shape index (κ1) is 15.2. The van der Waals surface area contributed by atoms with E-state index in [0.29, 0.717) is 0 Å². The van der Waals surface area contributed by atoms with E-state index in [9.17, 15) is 18.0 Å². The lowest BCUT2D eigenvalue weighted by Crippen LogP contribution is -2.15. The molecule has 1 heterocycles. The predicted octanol–water partition coefficient (Wildman–Crippen LogP) is 2.63. The molecule has 5 nitrogen and oxygen atoms in total. The van der Waals surface area contributed by atoms with Crippen molar-refractivity contribution in [3.8, 4) is 0 Å². The summed E-state index contributed by atoms with van der Waals surface area (Å²) >= 11 is 5.44. The van der Waals surface area contributed by atoms with Gasteiger partial charge in [0, 0.05) is 6.20 Å². The molecule has 0 aliphatic heterocycles. The molecule has 0 aliphatic rings. The van der Waals surface area contributed by atoms with Gasteiger partial charge in [-0.15, -0.1) is 0 Å². The first-order chi connectivity index (χ1) is 8.86. The van der Waals surface area contributed by atoms with Crippen molar-refractivity contribution >= 4 is 28.4 Å². The number of anilines is 1. The normalized spacial score (nSPS) is 12.2. The van der Waals surface area contributed by atoms with E-state index in [4.69, 9.17) is 11.6 Å². The van der Waals surface area contributed by atoms with Gasteiger partial charge in [0.2, 0.25) is 5.17 Å². The average molecular weight is 296 g/mol. The minimum Gasteiger partial charge on any atom is -0.461 e. The van der Waals surface area contributed by atoms with E-state index < -0.39 is 28.7 Å². The standard InChI is InChI=1S/C10H9ClF3N3O2/c1-2-19-9(18)8(11)17-16-6-4-3-5-15-7(6)10(12,13)14/h3-5,16H,2H2,1H3/b17-8-. The topological polar surface area (TPSA) is 63.6 Å². The summed E-state index contributed by atoms with van der Waals surface area (Å²) in [5.41, 5.74) is 0.452. The first-order valence-corrected chi connectivity index (χ1v) is 5.42. The van der Waals surface area contributed by atoms with Gasteiger partial charge in [-0.05, 0) is 19.1 Å². The maximum absolute atomic E-state index is 12.6. The van der Waals surface area contributed by atoms with Crippen LogP contribution in [-0.2, 0) is 15.7 Å². The average Bonchev–Trinajstić information content (AvgIpc) is 2.35. The molecule has 0 bridgehead atoms. The molecule has 9 heteroatoms. The van der Waals surface area contributed by atoms with Crippen LogP contribution in [0.3, 0.4) is 0 Å². The summed E-state index contributed by atoms with van der Waals surface area (Å²) in [4.78, 5) is 14.3. The monoisotopic (exact) mass is 295 g/mol. The summed E-state index contributed by atoms with van der Waals surface area (Å²) in [5.74, 6) is -0.936. The third-order valence-electron chi connectivity index (χ3n) is 1.79. The fourth-order valence-electron chi connectivity index (χ4n) is 1.07. The van der Waals surface area contributed by atoms with E-state index in [2.05, 4.69) is 14.8 Å². The van der Waals surface area contributed by atoms with Crippen LogP contribution < -0.4 is 5.43 Å². The Hall–Kier alpha value is -1.83. The lowest BCUT2D eigenvalue weighted by atomic mass is 10.3. The van der Waals surface area contributed by atoms with Gasteiger partial charge in [-0.1, -0.05) is 11.6 Å². The minimum atomic E-state index is -4.64. The summed E-state index contributed by atoms with van der Waals surface area (Å²) in [6, 6.07) is 2.39. The Morgan fingerprint density at radius 1 is 1.58 bits per heavy atom. The maximum Gasteiger partial charge on any atom is 0.435 e. The zero-order valence-electron chi connectivity index (χ0n) is 9.66. The Balaban J connectivity index is 2.89. The molecular weight excluding hydrogens is 287 g/mol. The summed E-state index contributed by atoms with van der Waals surface area (Å²) in [6.45, 7) is 1.63. The number of pyridine rings is 1. The van der Waals surface area contributed by atoms with Crippen LogP contribution in [0.15, 0.2) is 23.4 Å². The van der Waals surface area contributed by atoms with Crippen LogP contribution in [0.1, 0.15) is 12.6 Å². The number of nitrogens with zero attached hydrogens (tertiary/aromatic N) is 2. The number of hydrogen-bond donors (Lipinski definition) is 1. The molecule has 0 aromatic carbocycles. The van der Waals surface area contributed by atoms with E-state index in [1.807, 2.05) is 5.43 Å². The highest BCUT2D eigenvalue weighted by Gasteiger charge is 2.35. The van der Waals surface area contributed by atoms with Crippen LogP contribution in [0.4, 0.5) is 18.9 Å². The SMILES string of the molecule is CCOC(=O)/C(Cl)=N/Nc1cccnc1C(F)(F)F. The highest BCUT2D eigenvalue weighted by molar-refractivity contribution is 6.82. The second-order valence-corrected chi connectivity index (χ2v) is 3.49. The minimum absolute atomic E-state index is 0.0747.